The predicted molar refractivity (Wildman–Crippen MR) is 123 cm³/mol. The van der Waals surface area contributed by atoms with Crippen molar-refractivity contribution in [3.05, 3.63) is 82.4 Å². The number of para-hydroxylation sites is 1. The predicted octanol–water partition coefficient (Wildman–Crippen LogP) is 4.96. The van der Waals surface area contributed by atoms with Gasteiger partial charge in [0, 0.05) is 24.6 Å². The van der Waals surface area contributed by atoms with E-state index in [2.05, 4.69) is 84.8 Å². The zero-order valence-electron chi connectivity index (χ0n) is 17.7. The van der Waals surface area contributed by atoms with Gasteiger partial charge in [-0.3, -0.25) is 4.98 Å². The molecular weight excluding hydrogens is 376 g/mol. The van der Waals surface area contributed by atoms with Crippen molar-refractivity contribution in [2.24, 2.45) is 0 Å². The first-order valence-corrected chi connectivity index (χ1v) is 10.6. The molecule has 3 heterocycles. The molecule has 3 aromatic rings. The molecule has 1 aliphatic heterocycles. The lowest BCUT2D eigenvalue weighted by atomic mass is 9.97. The van der Waals surface area contributed by atoms with Crippen LogP contribution in [0, 0.1) is 20.8 Å². The molecule has 0 spiro atoms. The molecule has 4 nitrogen and oxygen atoms in total. The van der Waals surface area contributed by atoms with Crippen LogP contribution >= 0.6 is 12.2 Å². The highest BCUT2D eigenvalue weighted by Gasteiger charge is 2.39. The third kappa shape index (κ3) is 3.23. The summed E-state index contributed by atoms with van der Waals surface area (Å²) in [4.78, 5) is 6.77. The summed E-state index contributed by atoms with van der Waals surface area (Å²) < 4.78 is 2.41. The Labute approximate surface area is 178 Å². The van der Waals surface area contributed by atoms with Gasteiger partial charge in [-0.25, -0.2) is 0 Å². The Bertz CT molecular complexity index is 1050. The summed E-state index contributed by atoms with van der Waals surface area (Å²) in [7, 11) is 2.07. The maximum Gasteiger partial charge on any atom is 0.169 e. The van der Waals surface area contributed by atoms with Crippen molar-refractivity contribution >= 4 is 17.3 Å². The topological polar surface area (TPSA) is 33.1 Å². The van der Waals surface area contributed by atoms with Gasteiger partial charge in [0.25, 0.3) is 0 Å². The highest BCUT2D eigenvalue weighted by Crippen LogP contribution is 2.40. The maximum atomic E-state index is 5.61. The minimum absolute atomic E-state index is 0.0326. The molecular formula is C24H28N4S. The molecule has 1 saturated heterocycles. The normalized spacial score (nSPS) is 18.9. The molecule has 2 atom stereocenters. The van der Waals surface area contributed by atoms with E-state index in [0.29, 0.717) is 0 Å². The van der Waals surface area contributed by atoms with E-state index in [-0.39, 0.29) is 12.1 Å². The zero-order valence-corrected chi connectivity index (χ0v) is 18.5. The molecule has 2 unspecified atom stereocenters. The third-order valence-corrected chi connectivity index (χ3v) is 6.46. The molecule has 1 aromatic carbocycles. The molecule has 5 heteroatoms. The van der Waals surface area contributed by atoms with E-state index in [9.17, 15) is 0 Å². The van der Waals surface area contributed by atoms with Crippen LogP contribution in [0.5, 0.6) is 0 Å². The van der Waals surface area contributed by atoms with Gasteiger partial charge in [-0.05, 0) is 74.3 Å². The molecule has 0 saturated carbocycles. The maximum absolute atomic E-state index is 5.61. The van der Waals surface area contributed by atoms with Gasteiger partial charge in [0.15, 0.2) is 5.11 Å². The number of benzene rings is 1. The number of hydrogen-bond donors (Lipinski definition) is 1. The number of rotatable bonds is 4. The lowest BCUT2D eigenvalue weighted by Gasteiger charge is -2.25. The molecule has 0 aliphatic carbocycles. The Morgan fingerprint density at radius 2 is 1.90 bits per heavy atom. The summed E-state index contributed by atoms with van der Waals surface area (Å²) in [6.45, 7) is 8.83. The molecule has 29 heavy (non-hydrogen) atoms. The van der Waals surface area contributed by atoms with Gasteiger partial charge in [0.1, 0.15) is 0 Å². The molecule has 0 bridgehead atoms. The summed E-state index contributed by atoms with van der Waals surface area (Å²) >= 11 is 5.61. The Morgan fingerprint density at radius 3 is 2.59 bits per heavy atom. The van der Waals surface area contributed by atoms with Gasteiger partial charge in [0.2, 0.25) is 0 Å². The molecule has 0 radical (unpaired) electrons. The first-order chi connectivity index (χ1) is 13.9. The summed E-state index contributed by atoms with van der Waals surface area (Å²) in [5.41, 5.74) is 8.78. The molecule has 1 aliphatic rings. The van der Waals surface area contributed by atoms with E-state index in [1.807, 2.05) is 18.3 Å². The first kappa shape index (κ1) is 19.6. The fraction of sp³-hybridized carbons (Fsp3) is 0.333. The second kappa shape index (κ2) is 7.64. The van der Waals surface area contributed by atoms with Gasteiger partial charge in [-0.15, -0.1) is 0 Å². The number of hydrogen-bond acceptors (Lipinski definition) is 2. The van der Waals surface area contributed by atoms with E-state index in [4.69, 9.17) is 12.2 Å². The largest absolute Gasteiger partial charge is 0.352 e. The van der Waals surface area contributed by atoms with Crippen LogP contribution < -0.4 is 5.32 Å². The first-order valence-electron chi connectivity index (χ1n) is 10.2. The second-order valence-electron chi connectivity index (χ2n) is 7.84. The molecule has 150 valence electrons. The van der Waals surface area contributed by atoms with Crippen molar-refractivity contribution in [2.75, 3.05) is 7.05 Å². The lowest BCUT2D eigenvalue weighted by molar-refractivity contribution is 0.367. The van der Waals surface area contributed by atoms with Crippen LogP contribution in [-0.2, 0) is 6.42 Å². The van der Waals surface area contributed by atoms with E-state index in [0.717, 1.165) is 17.2 Å². The van der Waals surface area contributed by atoms with Crippen LogP contribution in [0.3, 0.4) is 0 Å². The van der Waals surface area contributed by atoms with Gasteiger partial charge in [0.05, 0.1) is 23.5 Å². The fourth-order valence-corrected chi connectivity index (χ4v) is 4.84. The monoisotopic (exact) mass is 404 g/mol. The van der Waals surface area contributed by atoms with E-state index >= 15 is 0 Å². The van der Waals surface area contributed by atoms with Crippen LogP contribution in [0.2, 0.25) is 0 Å². The van der Waals surface area contributed by atoms with Crippen molar-refractivity contribution in [1.82, 2.24) is 19.8 Å². The van der Waals surface area contributed by atoms with Gasteiger partial charge >= 0.3 is 0 Å². The zero-order chi connectivity index (χ0) is 20.7. The Balaban J connectivity index is 1.87. The number of nitrogens with zero attached hydrogens (tertiary/aromatic N) is 3. The average molecular weight is 405 g/mol. The number of aryl methyl sites for hydroxylation is 3. The summed E-state index contributed by atoms with van der Waals surface area (Å²) in [6.07, 6.45) is 2.86. The van der Waals surface area contributed by atoms with Crippen LogP contribution in [0.25, 0.3) is 5.69 Å². The van der Waals surface area contributed by atoms with E-state index in [1.165, 1.54) is 33.8 Å². The van der Waals surface area contributed by atoms with Crippen LogP contribution in [0.15, 0.2) is 48.7 Å². The van der Waals surface area contributed by atoms with Crippen molar-refractivity contribution in [3.63, 3.8) is 0 Å². The quantitative estimate of drug-likeness (QED) is 0.623. The number of aromatic nitrogens is 2. The molecule has 2 aromatic heterocycles. The van der Waals surface area contributed by atoms with Gasteiger partial charge in [-0.1, -0.05) is 31.2 Å². The standard InChI is InChI=1S/C24H28N4S/c1-6-18-11-9-10-15(2)22(18)28-16(3)14-19(17(28)4)23-21(26-24(29)27(23)5)20-12-7-8-13-25-20/h7-14,21,23H,6H2,1-5H3,(H,26,29). The van der Waals surface area contributed by atoms with Crippen LogP contribution in [-0.4, -0.2) is 26.6 Å². The summed E-state index contributed by atoms with van der Waals surface area (Å²) in [5, 5.41) is 4.25. The molecule has 1 fully saturated rings. The third-order valence-electron chi connectivity index (χ3n) is 6.05. The smallest absolute Gasteiger partial charge is 0.169 e. The average Bonchev–Trinajstić information content (AvgIpc) is 3.17. The summed E-state index contributed by atoms with van der Waals surface area (Å²) in [6, 6.07) is 15.1. The number of pyridine rings is 1. The molecule has 0 amide bonds. The minimum Gasteiger partial charge on any atom is -0.352 e. The SMILES string of the molecule is CCc1cccc(C)c1-n1c(C)cc(C2C(c3ccccn3)NC(=S)N2C)c1C. The van der Waals surface area contributed by atoms with E-state index in [1.54, 1.807) is 0 Å². The number of nitrogens with one attached hydrogen (secondary N) is 1. The lowest BCUT2D eigenvalue weighted by Crippen LogP contribution is -2.25. The van der Waals surface area contributed by atoms with E-state index < -0.39 is 0 Å². The highest BCUT2D eigenvalue weighted by atomic mass is 32.1. The number of thiocarbonyl (C=S) groups is 1. The highest BCUT2D eigenvalue weighted by molar-refractivity contribution is 7.80. The Hall–Kier alpha value is -2.66. The second-order valence-corrected chi connectivity index (χ2v) is 8.22. The molecule has 4 rings (SSSR count). The van der Waals surface area contributed by atoms with Crippen LogP contribution in [0.1, 0.15) is 52.8 Å². The van der Waals surface area contributed by atoms with Crippen molar-refractivity contribution in [3.8, 4) is 5.69 Å². The Morgan fingerprint density at radius 1 is 1.10 bits per heavy atom. The summed E-state index contributed by atoms with van der Waals surface area (Å²) in [5.74, 6) is 0. The van der Waals surface area contributed by atoms with Crippen LogP contribution in [0.4, 0.5) is 0 Å². The van der Waals surface area contributed by atoms with Crippen molar-refractivity contribution in [1.29, 1.82) is 0 Å². The van der Waals surface area contributed by atoms with Crippen molar-refractivity contribution < 1.29 is 0 Å². The number of likely N-dealkylation sites (N-methyl/N-ethyl adjacent to an activating group) is 1. The Kier molecular flexibility index (Phi) is 5.17. The fourth-order valence-electron chi connectivity index (χ4n) is 4.60. The minimum atomic E-state index is 0.0326. The van der Waals surface area contributed by atoms with Crippen molar-refractivity contribution in [2.45, 2.75) is 46.2 Å². The van der Waals surface area contributed by atoms with Gasteiger partial charge in [-0.2, -0.15) is 0 Å². The van der Waals surface area contributed by atoms with Gasteiger partial charge < -0.3 is 14.8 Å². The molecule has 1 N–H and O–H groups in total.